The number of likely N-dealkylation sites (tertiary alicyclic amines) is 1. The summed E-state index contributed by atoms with van der Waals surface area (Å²) in [6.07, 6.45) is 2.36. The maximum Gasteiger partial charge on any atom is 0.409 e. The molecule has 6 heterocycles. The first-order valence-corrected chi connectivity index (χ1v) is 13.7. The van der Waals surface area contributed by atoms with E-state index in [1.807, 2.05) is 46.1 Å². The van der Waals surface area contributed by atoms with Crippen LogP contribution < -0.4 is 5.32 Å². The molecule has 0 bridgehead atoms. The molecule has 4 atom stereocenters. The second-order valence-corrected chi connectivity index (χ2v) is 11.9. The molecule has 0 unspecified atom stereocenters. The smallest absolute Gasteiger partial charge is 0.409 e. The van der Waals surface area contributed by atoms with E-state index in [1.54, 1.807) is 11.2 Å². The van der Waals surface area contributed by atoms with Crippen molar-refractivity contribution in [3.8, 4) is 0 Å². The molecule has 1 amide bonds. The van der Waals surface area contributed by atoms with Crippen molar-refractivity contribution in [2.24, 2.45) is 0 Å². The molecule has 3 saturated heterocycles. The van der Waals surface area contributed by atoms with Crippen LogP contribution in [0.4, 0.5) is 10.6 Å². The lowest BCUT2D eigenvalue weighted by Crippen LogP contribution is -2.42. The fourth-order valence-electron chi connectivity index (χ4n) is 5.42. The van der Waals surface area contributed by atoms with Crippen LogP contribution >= 0.6 is 0 Å². The third kappa shape index (κ3) is 4.88. The van der Waals surface area contributed by atoms with Crippen LogP contribution in [0.5, 0.6) is 0 Å². The lowest BCUT2D eigenvalue weighted by molar-refractivity contribution is -0.198. The average Bonchev–Trinajstić information content (AvgIpc) is 3.67. The Kier molecular flexibility index (Phi) is 6.66. The van der Waals surface area contributed by atoms with Gasteiger partial charge in [0, 0.05) is 24.5 Å². The lowest BCUT2D eigenvalue weighted by Gasteiger charge is -2.31. The fraction of sp³-hybridized carbons (Fsp3) is 0.692. The summed E-state index contributed by atoms with van der Waals surface area (Å²) in [7, 11) is 0. The number of carbonyl (C=O) groups excluding carboxylic acids is 1. The number of nitrogens with one attached hydrogen (secondary N) is 1. The van der Waals surface area contributed by atoms with Gasteiger partial charge in [0.15, 0.2) is 35.1 Å². The van der Waals surface area contributed by atoms with Gasteiger partial charge in [-0.05, 0) is 33.6 Å². The molecule has 216 valence electrons. The SMILES string of the molecule is CCOC(=O)N1CCC(Nc2ncnc3c2ncn3[C@@H]2O[C@H](c3noc(C(C)(C)C)n3)[C@H]3OC(C)(C)O[C@H]32)CC1. The zero-order chi connectivity index (χ0) is 28.2. The number of anilines is 1. The highest BCUT2D eigenvalue weighted by Gasteiger charge is 2.58. The number of hydrogen-bond donors (Lipinski definition) is 1. The summed E-state index contributed by atoms with van der Waals surface area (Å²) >= 11 is 0. The molecular weight excluding hydrogens is 520 g/mol. The van der Waals surface area contributed by atoms with Gasteiger partial charge in [0.05, 0.1) is 12.9 Å². The highest BCUT2D eigenvalue weighted by atomic mass is 16.8. The first-order chi connectivity index (χ1) is 19.0. The van der Waals surface area contributed by atoms with Crippen molar-refractivity contribution in [3.63, 3.8) is 0 Å². The molecule has 0 saturated carbocycles. The number of nitrogens with zero attached hydrogens (tertiary/aromatic N) is 7. The molecule has 1 N–H and O–H groups in total. The average molecular weight is 557 g/mol. The Morgan fingerprint density at radius 1 is 1.15 bits per heavy atom. The molecule has 3 aromatic heterocycles. The number of amides is 1. The summed E-state index contributed by atoms with van der Waals surface area (Å²) in [5.41, 5.74) is 0.917. The maximum absolute atomic E-state index is 12.1. The number of fused-ring (bicyclic) bond motifs is 2. The molecule has 0 aromatic carbocycles. The van der Waals surface area contributed by atoms with Crippen LogP contribution in [0.25, 0.3) is 11.2 Å². The third-order valence-corrected chi connectivity index (χ3v) is 7.36. The lowest BCUT2D eigenvalue weighted by atomic mass is 9.97. The summed E-state index contributed by atoms with van der Waals surface area (Å²) in [5.74, 6) is 0.748. The second-order valence-electron chi connectivity index (χ2n) is 11.9. The Bertz CT molecular complexity index is 1370. The van der Waals surface area contributed by atoms with Gasteiger partial charge in [0.2, 0.25) is 11.7 Å². The molecule has 14 heteroatoms. The van der Waals surface area contributed by atoms with Crippen LogP contribution in [0.3, 0.4) is 0 Å². The van der Waals surface area contributed by atoms with Gasteiger partial charge in [-0.25, -0.2) is 19.7 Å². The Morgan fingerprint density at radius 2 is 1.90 bits per heavy atom. The minimum Gasteiger partial charge on any atom is -0.450 e. The van der Waals surface area contributed by atoms with Crippen molar-refractivity contribution >= 4 is 23.1 Å². The van der Waals surface area contributed by atoms with E-state index in [0.717, 1.165) is 12.8 Å². The second kappa shape index (κ2) is 9.93. The Labute approximate surface area is 231 Å². The van der Waals surface area contributed by atoms with Crippen molar-refractivity contribution in [1.82, 2.24) is 34.6 Å². The highest BCUT2D eigenvalue weighted by molar-refractivity contribution is 5.82. The van der Waals surface area contributed by atoms with E-state index >= 15 is 0 Å². The van der Waals surface area contributed by atoms with E-state index in [9.17, 15) is 4.79 Å². The van der Waals surface area contributed by atoms with E-state index < -0.39 is 30.3 Å². The Balaban J connectivity index is 1.24. The molecule has 3 aromatic rings. The van der Waals surface area contributed by atoms with Gasteiger partial charge in [-0.2, -0.15) is 4.98 Å². The largest absolute Gasteiger partial charge is 0.450 e. The van der Waals surface area contributed by atoms with Crippen LogP contribution in [0.15, 0.2) is 17.2 Å². The molecule has 3 fully saturated rings. The van der Waals surface area contributed by atoms with Gasteiger partial charge in [0.25, 0.3) is 0 Å². The topological polar surface area (TPSA) is 152 Å². The minimum absolute atomic E-state index is 0.132. The van der Waals surface area contributed by atoms with Crippen molar-refractivity contribution in [1.29, 1.82) is 0 Å². The van der Waals surface area contributed by atoms with Crippen molar-refractivity contribution in [2.75, 3.05) is 25.0 Å². The maximum atomic E-state index is 12.1. The minimum atomic E-state index is -0.817. The number of carbonyl (C=O) groups is 1. The van der Waals surface area contributed by atoms with Crippen LogP contribution in [-0.4, -0.2) is 84.4 Å². The quantitative estimate of drug-likeness (QED) is 0.491. The molecular formula is C26H36N8O6. The van der Waals surface area contributed by atoms with Crippen molar-refractivity contribution in [3.05, 3.63) is 24.4 Å². The predicted molar refractivity (Wildman–Crippen MR) is 140 cm³/mol. The number of imidazole rings is 1. The van der Waals surface area contributed by atoms with Crippen LogP contribution in [0.1, 0.15) is 78.4 Å². The van der Waals surface area contributed by atoms with Gasteiger partial charge in [-0.3, -0.25) is 4.57 Å². The highest BCUT2D eigenvalue weighted by Crippen LogP contribution is 2.49. The summed E-state index contributed by atoms with van der Waals surface area (Å²) in [4.78, 5) is 32.1. The standard InChI is InChI=1S/C26H36N8O6/c1-7-36-24(35)33-10-8-14(9-11-33)30-19-15-21(28-12-27-19)34(13-29-15)22-18-16(38-26(5,6)39-18)17(37-22)20-31-23(40-32-20)25(2,3)4/h12-14,16-18,22H,7-11H2,1-6H3,(H,27,28,30)/t16-,17+,18-,22-/m1/s1. The van der Waals surface area contributed by atoms with Gasteiger partial charge in [-0.15, -0.1) is 0 Å². The van der Waals surface area contributed by atoms with Gasteiger partial charge < -0.3 is 33.7 Å². The van der Waals surface area contributed by atoms with Gasteiger partial charge in [0.1, 0.15) is 18.5 Å². The monoisotopic (exact) mass is 556 g/mol. The van der Waals surface area contributed by atoms with Crippen LogP contribution in [-0.2, 0) is 24.4 Å². The Morgan fingerprint density at radius 3 is 2.60 bits per heavy atom. The molecule has 3 aliphatic heterocycles. The number of ether oxygens (including phenoxy) is 4. The third-order valence-electron chi connectivity index (χ3n) is 7.36. The summed E-state index contributed by atoms with van der Waals surface area (Å²) in [5, 5.41) is 7.71. The van der Waals surface area contributed by atoms with Gasteiger partial charge >= 0.3 is 6.09 Å². The zero-order valence-corrected chi connectivity index (χ0v) is 23.7. The van der Waals surface area contributed by atoms with E-state index in [-0.39, 0.29) is 17.6 Å². The number of rotatable bonds is 5. The first kappa shape index (κ1) is 26.8. The molecule has 0 spiro atoms. The van der Waals surface area contributed by atoms with Crippen LogP contribution in [0, 0.1) is 0 Å². The van der Waals surface area contributed by atoms with E-state index in [0.29, 0.717) is 48.4 Å². The molecule has 6 rings (SSSR count). The summed E-state index contributed by atoms with van der Waals surface area (Å²) in [6.45, 7) is 13.2. The molecule has 14 nitrogen and oxygen atoms in total. The molecule has 40 heavy (non-hydrogen) atoms. The molecule has 0 radical (unpaired) electrons. The normalized spacial score (nSPS) is 26.8. The Hall–Kier alpha value is -3.36. The predicted octanol–water partition coefficient (Wildman–Crippen LogP) is 3.33. The zero-order valence-electron chi connectivity index (χ0n) is 23.7. The van der Waals surface area contributed by atoms with Crippen molar-refractivity contribution < 1.29 is 28.3 Å². The fourth-order valence-corrected chi connectivity index (χ4v) is 5.42. The number of hydrogen-bond acceptors (Lipinski definition) is 12. The molecule has 3 aliphatic rings. The van der Waals surface area contributed by atoms with E-state index in [2.05, 4.69) is 30.4 Å². The number of aromatic nitrogens is 6. The summed E-state index contributed by atoms with van der Waals surface area (Å²) in [6, 6.07) is 0.132. The molecule has 0 aliphatic carbocycles. The van der Waals surface area contributed by atoms with Crippen molar-refractivity contribution in [2.45, 2.75) is 96.2 Å². The van der Waals surface area contributed by atoms with E-state index in [4.69, 9.17) is 23.5 Å². The number of piperidine rings is 1. The van der Waals surface area contributed by atoms with Gasteiger partial charge in [-0.1, -0.05) is 25.9 Å². The van der Waals surface area contributed by atoms with E-state index in [1.165, 1.54) is 6.33 Å². The summed E-state index contributed by atoms with van der Waals surface area (Å²) < 4.78 is 31.6. The first-order valence-electron chi connectivity index (χ1n) is 13.7. The van der Waals surface area contributed by atoms with Crippen LogP contribution in [0.2, 0.25) is 0 Å².